The Hall–Kier alpha value is -3.37. The van der Waals surface area contributed by atoms with E-state index in [1.807, 2.05) is 39.8 Å². The number of hydrogen-bond acceptors (Lipinski definition) is 8. The molecule has 192 valence electrons. The molecule has 2 aromatic carbocycles. The van der Waals surface area contributed by atoms with Crippen molar-refractivity contribution in [3.8, 4) is 5.75 Å². The Morgan fingerprint density at radius 1 is 0.972 bits per heavy atom. The van der Waals surface area contributed by atoms with Crippen molar-refractivity contribution in [2.24, 2.45) is 0 Å². The van der Waals surface area contributed by atoms with E-state index in [4.69, 9.17) is 9.47 Å². The third-order valence-corrected chi connectivity index (χ3v) is 7.29. The zero-order chi connectivity index (χ0) is 25.9. The molecule has 3 aromatic rings. The number of rotatable bonds is 7. The highest BCUT2D eigenvalue weighted by Crippen LogP contribution is 2.32. The Labute approximate surface area is 212 Å². The van der Waals surface area contributed by atoms with Crippen LogP contribution >= 0.6 is 0 Å². The highest BCUT2D eigenvalue weighted by atomic mass is 32.2. The molecule has 0 atom stereocenters. The standard InChI is InChI=1S/C26H33N5O4S/c1-18-16-24(31-12-14-35-15-13-31)29-25(27-18)28-20-7-9-21(10-8-20)30-36(32,33)23-17-19(26(2,3)4)6-11-22(23)34-5/h6-11,16-17,30H,12-15H2,1-5H3,(H,27,28,29). The van der Waals surface area contributed by atoms with Crippen molar-refractivity contribution < 1.29 is 17.9 Å². The van der Waals surface area contributed by atoms with Gasteiger partial charge in [0.25, 0.3) is 10.0 Å². The molecule has 4 rings (SSSR count). The van der Waals surface area contributed by atoms with Crippen molar-refractivity contribution in [1.82, 2.24) is 9.97 Å². The van der Waals surface area contributed by atoms with Crippen molar-refractivity contribution in [2.45, 2.75) is 38.0 Å². The van der Waals surface area contributed by atoms with Gasteiger partial charge in [-0.15, -0.1) is 0 Å². The molecule has 0 saturated carbocycles. The van der Waals surface area contributed by atoms with Gasteiger partial charge in [0, 0.05) is 36.2 Å². The summed E-state index contributed by atoms with van der Waals surface area (Å²) in [6.07, 6.45) is 0. The fraction of sp³-hybridized carbons (Fsp3) is 0.385. The fourth-order valence-corrected chi connectivity index (χ4v) is 5.13. The number of benzene rings is 2. The molecule has 0 aliphatic carbocycles. The monoisotopic (exact) mass is 511 g/mol. The molecule has 0 radical (unpaired) electrons. The summed E-state index contributed by atoms with van der Waals surface area (Å²) in [5.41, 5.74) is 2.72. The SMILES string of the molecule is COc1ccc(C(C)(C)C)cc1S(=O)(=O)Nc1ccc(Nc2nc(C)cc(N3CCOCC3)n2)cc1. The largest absolute Gasteiger partial charge is 0.495 e. The summed E-state index contributed by atoms with van der Waals surface area (Å²) in [6, 6.07) is 14.1. The van der Waals surface area contributed by atoms with Gasteiger partial charge in [-0.1, -0.05) is 26.8 Å². The van der Waals surface area contributed by atoms with Crippen molar-refractivity contribution >= 4 is 33.2 Å². The molecule has 0 unspecified atom stereocenters. The number of hydrogen-bond donors (Lipinski definition) is 2. The second-order valence-corrected chi connectivity index (χ2v) is 11.4. The highest BCUT2D eigenvalue weighted by Gasteiger charge is 2.24. The van der Waals surface area contributed by atoms with Crippen LogP contribution in [-0.2, 0) is 20.2 Å². The minimum absolute atomic E-state index is 0.100. The maximum atomic E-state index is 13.2. The molecule has 1 aromatic heterocycles. The molecule has 1 saturated heterocycles. The van der Waals surface area contributed by atoms with E-state index in [1.165, 1.54) is 7.11 Å². The first-order valence-corrected chi connectivity index (χ1v) is 13.3. The molecule has 0 amide bonds. The lowest BCUT2D eigenvalue weighted by Gasteiger charge is -2.28. The normalized spacial score (nSPS) is 14.4. The van der Waals surface area contributed by atoms with Crippen LogP contribution in [0, 0.1) is 6.92 Å². The number of sulfonamides is 1. The molecular weight excluding hydrogens is 478 g/mol. The first kappa shape index (κ1) is 25.7. The van der Waals surface area contributed by atoms with E-state index in [1.54, 1.807) is 36.4 Å². The number of morpholine rings is 1. The van der Waals surface area contributed by atoms with Crippen molar-refractivity contribution in [1.29, 1.82) is 0 Å². The number of aryl methyl sites for hydroxylation is 1. The first-order chi connectivity index (χ1) is 17.0. The number of anilines is 4. The van der Waals surface area contributed by atoms with Crippen LogP contribution in [-0.4, -0.2) is 51.8 Å². The van der Waals surface area contributed by atoms with Crippen molar-refractivity contribution in [3.63, 3.8) is 0 Å². The highest BCUT2D eigenvalue weighted by molar-refractivity contribution is 7.92. The molecule has 1 fully saturated rings. The lowest BCUT2D eigenvalue weighted by atomic mass is 9.87. The summed E-state index contributed by atoms with van der Waals surface area (Å²) < 4.78 is 39.9. The minimum atomic E-state index is -3.87. The van der Waals surface area contributed by atoms with E-state index in [-0.39, 0.29) is 10.3 Å². The van der Waals surface area contributed by atoms with Gasteiger partial charge in [0.15, 0.2) is 0 Å². The lowest BCUT2D eigenvalue weighted by molar-refractivity contribution is 0.122. The van der Waals surface area contributed by atoms with E-state index in [9.17, 15) is 8.42 Å². The van der Waals surface area contributed by atoms with E-state index in [0.717, 1.165) is 35.9 Å². The van der Waals surface area contributed by atoms with Crippen LogP contribution in [0.2, 0.25) is 0 Å². The summed E-state index contributed by atoms with van der Waals surface area (Å²) in [4.78, 5) is 11.4. The smallest absolute Gasteiger partial charge is 0.265 e. The molecule has 1 aliphatic rings. The Balaban J connectivity index is 1.51. The molecule has 2 heterocycles. The molecule has 9 nitrogen and oxygen atoms in total. The summed E-state index contributed by atoms with van der Waals surface area (Å²) in [5, 5.41) is 3.21. The molecule has 10 heteroatoms. The molecule has 36 heavy (non-hydrogen) atoms. The van der Waals surface area contributed by atoms with Gasteiger partial charge < -0.3 is 19.7 Å². The summed E-state index contributed by atoms with van der Waals surface area (Å²) in [6.45, 7) is 11.0. The van der Waals surface area contributed by atoms with Gasteiger partial charge in [-0.25, -0.2) is 13.4 Å². The predicted molar refractivity (Wildman–Crippen MR) is 142 cm³/mol. The van der Waals surface area contributed by atoms with Gasteiger partial charge in [0.1, 0.15) is 16.5 Å². The van der Waals surface area contributed by atoms with Crippen LogP contribution in [0.5, 0.6) is 5.75 Å². The van der Waals surface area contributed by atoms with E-state index in [0.29, 0.717) is 30.6 Å². The summed E-state index contributed by atoms with van der Waals surface area (Å²) >= 11 is 0. The molecule has 2 N–H and O–H groups in total. The second-order valence-electron chi connectivity index (χ2n) is 9.71. The van der Waals surface area contributed by atoms with Gasteiger partial charge in [-0.2, -0.15) is 4.98 Å². The lowest BCUT2D eigenvalue weighted by Crippen LogP contribution is -2.36. The summed E-state index contributed by atoms with van der Waals surface area (Å²) in [7, 11) is -2.41. The maximum Gasteiger partial charge on any atom is 0.265 e. The van der Waals surface area contributed by atoms with Crippen molar-refractivity contribution in [3.05, 3.63) is 59.8 Å². The fourth-order valence-electron chi connectivity index (χ4n) is 3.88. The van der Waals surface area contributed by atoms with Crippen molar-refractivity contribution in [2.75, 3.05) is 48.4 Å². The zero-order valence-corrected chi connectivity index (χ0v) is 22.1. The maximum absolute atomic E-state index is 13.2. The Morgan fingerprint density at radius 2 is 1.64 bits per heavy atom. The molecule has 0 bridgehead atoms. The third-order valence-electron chi connectivity index (χ3n) is 5.89. The average molecular weight is 512 g/mol. The van der Waals surface area contributed by atoms with Gasteiger partial charge in [0.05, 0.1) is 20.3 Å². The Bertz CT molecular complexity index is 1320. The number of ether oxygens (including phenoxy) is 2. The van der Waals surface area contributed by atoms with Crippen LogP contribution in [0.1, 0.15) is 32.0 Å². The molecule has 0 spiro atoms. The van der Waals surface area contributed by atoms with Gasteiger partial charge >= 0.3 is 0 Å². The Kier molecular flexibility index (Phi) is 7.37. The van der Waals surface area contributed by atoms with E-state index >= 15 is 0 Å². The number of methoxy groups -OCH3 is 1. The number of aromatic nitrogens is 2. The Morgan fingerprint density at radius 3 is 2.28 bits per heavy atom. The van der Waals surface area contributed by atoms with Crippen LogP contribution in [0.4, 0.5) is 23.1 Å². The van der Waals surface area contributed by atoms with Gasteiger partial charge in [-0.3, -0.25) is 4.72 Å². The molecular formula is C26H33N5O4S. The second kappa shape index (κ2) is 10.3. The van der Waals surface area contributed by atoms with Gasteiger partial charge in [-0.05, 0) is 54.3 Å². The van der Waals surface area contributed by atoms with Gasteiger partial charge in [0.2, 0.25) is 5.95 Å². The first-order valence-electron chi connectivity index (χ1n) is 11.8. The predicted octanol–water partition coefficient (Wildman–Crippen LogP) is 4.47. The summed E-state index contributed by atoms with van der Waals surface area (Å²) in [5.74, 6) is 1.62. The number of nitrogens with zero attached hydrogens (tertiary/aromatic N) is 3. The third kappa shape index (κ3) is 6.06. The van der Waals surface area contributed by atoms with Crippen LogP contribution in [0.15, 0.2) is 53.4 Å². The minimum Gasteiger partial charge on any atom is -0.495 e. The van der Waals surface area contributed by atoms with Crippen LogP contribution in [0.25, 0.3) is 0 Å². The zero-order valence-electron chi connectivity index (χ0n) is 21.3. The van der Waals surface area contributed by atoms with E-state index in [2.05, 4.69) is 24.9 Å². The van der Waals surface area contributed by atoms with Crippen LogP contribution < -0.4 is 19.7 Å². The number of nitrogens with one attached hydrogen (secondary N) is 2. The average Bonchev–Trinajstić information content (AvgIpc) is 2.84. The quantitative estimate of drug-likeness (QED) is 0.479. The molecule has 1 aliphatic heterocycles. The topological polar surface area (TPSA) is 106 Å². The van der Waals surface area contributed by atoms with Crippen LogP contribution in [0.3, 0.4) is 0 Å². The van der Waals surface area contributed by atoms with E-state index < -0.39 is 10.0 Å².